The fraction of sp³-hybridized carbons (Fsp3) is 0.636. The van der Waals surface area contributed by atoms with Crippen LogP contribution in [0.4, 0.5) is 10.6 Å². The summed E-state index contributed by atoms with van der Waals surface area (Å²) in [7, 11) is 0. The Morgan fingerprint density at radius 2 is 2.29 bits per heavy atom. The summed E-state index contributed by atoms with van der Waals surface area (Å²) in [5, 5.41) is 6.72. The van der Waals surface area contributed by atoms with Gasteiger partial charge < -0.3 is 15.8 Å². The van der Waals surface area contributed by atoms with Gasteiger partial charge in [-0.3, -0.25) is 4.68 Å². The Morgan fingerprint density at radius 3 is 2.82 bits per heavy atom. The van der Waals surface area contributed by atoms with Gasteiger partial charge in [0.25, 0.3) is 0 Å². The average Bonchev–Trinajstić information content (AvgIpc) is 2.56. The molecule has 1 rings (SSSR count). The Balaban J connectivity index is 2.17. The quantitative estimate of drug-likeness (QED) is 0.779. The third kappa shape index (κ3) is 5.24. The van der Waals surface area contributed by atoms with Crippen molar-refractivity contribution in [1.29, 1.82) is 0 Å². The fourth-order valence-electron chi connectivity index (χ4n) is 1.26. The van der Waals surface area contributed by atoms with Crippen LogP contribution in [-0.4, -0.2) is 28.0 Å². The molecular formula is C11H20N4O2. The van der Waals surface area contributed by atoms with Crippen molar-refractivity contribution in [3.05, 3.63) is 12.3 Å². The van der Waals surface area contributed by atoms with Gasteiger partial charge >= 0.3 is 6.09 Å². The average molecular weight is 240 g/mol. The second-order valence-corrected chi connectivity index (χ2v) is 4.76. The van der Waals surface area contributed by atoms with Gasteiger partial charge in [-0.25, -0.2) is 4.79 Å². The second-order valence-electron chi connectivity index (χ2n) is 4.76. The first-order valence-electron chi connectivity index (χ1n) is 5.62. The molecule has 1 amide bonds. The molecule has 0 spiro atoms. The van der Waals surface area contributed by atoms with Gasteiger partial charge in [-0.05, 0) is 33.3 Å². The van der Waals surface area contributed by atoms with Gasteiger partial charge in [0, 0.05) is 13.1 Å². The van der Waals surface area contributed by atoms with Gasteiger partial charge in [0.05, 0.1) is 6.20 Å². The molecule has 0 unspecified atom stereocenters. The smallest absolute Gasteiger partial charge is 0.407 e. The van der Waals surface area contributed by atoms with Gasteiger partial charge in [-0.2, -0.15) is 5.10 Å². The zero-order valence-corrected chi connectivity index (χ0v) is 10.6. The Hall–Kier alpha value is -1.72. The van der Waals surface area contributed by atoms with Gasteiger partial charge in [-0.1, -0.05) is 0 Å². The Bertz CT molecular complexity index is 368. The van der Waals surface area contributed by atoms with Crippen molar-refractivity contribution in [2.45, 2.75) is 39.3 Å². The highest BCUT2D eigenvalue weighted by Crippen LogP contribution is 2.06. The van der Waals surface area contributed by atoms with E-state index in [0.717, 1.165) is 6.42 Å². The molecule has 1 heterocycles. The number of carbonyl (C=O) groups excluding carboxylic acids is 1. The van der Waals surface area contributed by atoms with Gasteiger partial charge in [-0.15, -0.1) is 0 Å². The molecular weight excluding hydrogens is 220 g/mol. The minimum atomic E-state index is -0.462. The number of nitrogens with two attached hydrogens (primary N) is 1. The number of nitrogens with one attached hydrogen (secondary N) is 1. The number of nitrogen functional groups attached to an aromatic ring is 1. The molecule has 96 valence electrons. The Labute approximate surface area is 101 Å². The number of anilines is 1. The van der Waals surface area contributed by atoms with E-state index >= 15 is 0 Å². The van der Waals surface area contributed by atoms with Crippen molar-refractivity contribution in [2.75, 3.05) is 12.3 Å². The van der Waals surface area contributed by atoms with Crippen molar-refractivity contribution in [3.63, 3.8) is 0 Å². The molecule has 3 N–H and O–H groups in total. The molecule has 0 aliphatic carbocycles. The Morgan fingerprint density at radius 1 is 1.59 bits per heavy atom. The highest BCUT2D eigenvalue weighted by atomic mass is 16.6. The third-order valence-corrected chi connectivity index (χ3v) is 1.96. The van der Waals surface area contributed by atoms with E-state index < -0.39 is 11.7 Å². The number of hydrogen-bond donors (Lipinski definition) is 2. The van der Waals surface area contributed by atoms with E-state index in [1.807, 2.05) is 20.8 Å². The summed E-state index contributed by atoms with van der Waals surface area (Å²) in [5.41, 5.74) is 5.19. The lowest BCUT2D eigenvalue weighted by Gasteiger charge is -2.19. The van der Waals surface area contributed by atoms with Crippen LogP contribution in [0.5, 0.6) is 0 Å². The molecule has 0 aliphatic heterocycles. The van der Waals surface area contributed by atoms with Crippen molar-refractivity contribution in [1.82, 2.24) is 15.1 Å². The predicted molar refractivity (Wildman–Crippen MR) is 65.5 cm³/mol. The lowest BCUT2D eigenvalue weighted by molar-refractivity contribution is 0.0526. The summed E-state index contributed by atoms with van der Waals surface area (Å²) >= 11 is 0. The van der Waals surface area contributed by atoms with Crippen LogP contribution in [-0.2, 0) is 11.3 Å². The number of ether oxygens (including phenoxy) is 1. The number of amides is 1. The molecule has 0 radical (unpaired) electrons. The lowest BCUT2D eigenvalue weighted by Crippen LogP contribution is -2.33. The van der Waals surface area contributed by atoms with E-state index in [2.05, 4.69) is 10.4 Å². The number of aryl methyl sites for hydroxylation is 1. The van der Waals surface area contributed by atoms with Crippen LogP contribution >= 0.6 is 0 Å². The van der Waals surface area contributed by atoms with Crippen LogP contribution in [0.25, 0.3) is 0 Å². The topological polar surface area (TPSA) is 82.2 Å². The summed E-state index contributed by atoms with van der Waals surface area (Å²) in [6, 6.07) is 1.74. The second kappa shape index (κ2) is 5.56. The molecule has 0 saturated heterocycles. The third-order valence-electron chi connectivity index (χ3n) is 1.96. The maximum absolute atomic E-state index is 11.3. The first kappa shape index (κ1) is 13.3. The molecule has 1 aromatic heterocycles. The van der Waals surface area contributed by atoms with E-state index in [1.165, 1.54) is 0 Å². The van der Waals surface area contributed by atoms with Crippen molar-refractivity contribution >= 4 is 11.9 Å². The van der Waals surface area contributed by atoms with Crippen LogP contribution in [0.2, 0.25) is 0 Å². The molecule has 0 saturated carbocycles. The highest BCUT2D eigenvalue weighted by Gasteiger charge is 2.15. The van der Waals surface area contributed by atoms with Crippen LogP contribution in [0.1, 0.15) is 27.2 Å². The van der Waals surface area contributed by atoms with E-state index in [4.69, 9.17) is 10.5 Å². The summed E-state index contributed by atoms with van der Waals surface area (Å²) in [6.07, 6.45) is 2.01. The molecule has 0 aromatic carbocycles. The van der Waals surface area contributed by atoms with Gasteiger partial charge in [0.2, 0.25) is 0 Å². The van der Waals surface area contributed by atoms with Crippen LogP contribution in [0.15, 0.2) is 12.3 Å². The van der Waals surface area contributed by atoms with Crippen molar-refractivity contribution < 1.29 is 9.53 Å². The summed E-state index contributed by atoms with van der Waals surface area (Å²) in [5.74, 6) is 0.627. The monoisotopic (exact) mass is 240 g/mol. The zero-order valence-electron chi connectivity index (χ0n) is 10.6. The minimum Gasteiger partial charge on any atom is -0.444 e. The molecule has 0 bridgehead atoms. The molecule has 1 aromatic rings. The predicted octanol–water partition coefficient (Wildman–Crippen LogP) is 1.38. The molecule has 6 nitrogen and oxygen atoms in total. The number of nitrogens with zero attached hydrogens (tertiary/aromatic N) is 2. The molecule has 0 aliphatic rings. The molecule has 0 fully saturated rings. The standard InChI is InChI=1S/C11H20N4O2/c1-11(2,3)17-10(16)13-6-4-8-15-9(12)5-7-14-15/h5,7H,4,6,8,12H2,1-3H3,(H,13,16). The fourth-order valence-corrected chi connectivity index (χ4v) is 1.26. The largest absolute Gasteiger partial charge is 0.444 e. The van der Waals surface area contributed by atoms with Crippen molar-refractivity contribution in [2.24, 2.45) is 0 Å². The maximum Gasteiger partial charge on any atom is 0.407 e. The minimum absolute atomic E-state index is 0.397. The number of hydrogen-bond acceptors (Lipinski definition) is 4. The normalized spacial score (nSPS) is 11.2. The van der Waals surface area contributed by atoms with Gasteiger partial charge in [0.15, 0.2) is 0 Å². The van der Waals surface area contributed by atoms with Crippen molar-refractivity contribution in [3.8, 4) is 0 Å². The molecule has 0 atom stereocenters. The van der Waals surface area contributed by atoms with E-state index in [1.54, 1.807) is 16.9 Å². The number of aromatic nitrogens is 2. The van der Waals surface area contributed by atoms with Crippen LogP contribution in [0.3, 0.4) is 0 Å². The SMILES string of the molecule is CC(C)(C)OC(=O)NCCCn1nccc1N. The van der Waals surface area contributed by atoms with E-state index in [0.29, 0.717) is 18.9 Å². The van der Waals surface area contributed by atoms with Crippen LogP contribution < -0.4 is 11.1 Å². The highest BCUT2D eigenvalue weighted by molar-refractivity contribution is 5.67. The van der Waals surface area contributed by atoms with E-state index in [9.17, 15) is 4.79 Å². The van der Waals surface area contributed by atoms with E-state index in [-0.39, 0.29) is 0 Å². The van der Waals surface area contributed by atoms with Gasteiger partial charge in [0.1, 0.15) is 11.4 Å². The number of carbonyl (C=O) groups is 1. The Kier molecular flexibility index (Phi) is 4.37. The zero-order chi connectivity index (χ0) is 12.9. The molecule has 6 heteroatoms. The summed E-state index contributed by atoms with van der Waals surface area (Å²) in [6.45, 7) is 6.70. The summed E-state index contributed by atoms with van der Waals surface area (Å²) in [4.78, 5) is 11.3. The lowest BCUT2D eigenvalue weighted by atomic mass is 10.2. The molecule has 17 heavy (non-hydrogen) atoms. The number of rotatable bonds is 4. The van der Waals surface area contributed by atoms with Crippen LogP contribution in [0, 0.1) is 0 Å². The summed E-state index contributed by atoms with van der Waals surface area (Å²) < 4.78 is 6.79. The number of alkyl carbamates (subject to hydrolysis) is 1. The first-order chi connectivity index (χ1) is 7.88. The maximum atomic E-state index is 11.3. The first-order valence-corrected chi connectivity index (χ1v) is 5.62.